The van der Waals surface area contributed by atoms with Crippen LogP contribution in [0.25, 0.3) is 0 Å². The summed E-state index contributed by atoms with van der Waals surface area (Å²) >= 11 is 0. The number of carbonyl (C=O) groups excluding carboxylic acids is 1. The minimum atomic E-state index is -3.62. The summed E-state index contributed by atoms with van der Waals surface area (Å²) in [6, 6.07) is 9.36. The van der Waals surface area contributed by atoms with Gasteiger partial charge in [0, 0.05) is 36.8 Å². The molecule has 1 aliphatic heterocycles. The second-order valence-electron chi connectivity index (χ2n) is 7.70. The van der Waals surface area contributed by atoms with Crippen LogP contribution in [0, 0.1) is 36.8 Å². The van der Waals surface area contributed by atoms with Gasteiger partial charge in [0.25, 0.3) is 5.69 Å². The first-order valence-electron chi connectivity index (χ1n) is 9.73. The molecule has 9 heteroatoms. The van der Waals surface area contributed by atoms with Gasteiger partial charge in [-0.25, -0.2) is 8.42 Å². The fourth-order valence-corrected chi connectivity index (χ4v) is 5.85. The molecule has 0 spiro atoms. The van der Waals surface area contributed by atoms with Crippen LogP contribution in [0.3, 0.4) is 0 Å². The second kappa shape index (κ2) is 8.53. The zero-order chi connectivity index (χ0) is 22.1. The van der Waals surface area contributed by atoms with Crippen molar-refractivity contribution in [2.24, 2.45) is 5.92 Å². The molecule has 160 valence electrons. The van der Waals surface area contributed by atoms with Gasteiger partial charge < -0.3 is 5.32 Å². The van der Waals surface area contributed by atoms with Gasteiger partial charge in [-0.05, 0) is 56.9 Å². The number of amides is 1. The van der Waals surface area contributed by atoms with Crippen LogP contribution in [0.1, 0.15) is 29.5 Å². The van der Waals surface area contributed by atoms with E-state index < -0.39 is 14.9 Å². The summed E-state index contributed by atoms with van der Waals surface area (Å²) in [5, 5.41) is 13.5. The van der Waals surface area contributed by atoms with Crippen LogP contribution in [-0.2, 0) is 14.8 Å². The molecule has 1 N–H and O–H groups in total. The van der Waals surface area contributed by atoms with Gasteiger partial charge in [-0.15, -0.1) is 0 Å². The van der Waals surface area contributed by atoms with Gasteiger partial charge in [-0.1, -0.05) is 17.7 Å². The molecule has 0 aliphatic carbocycles. The van der Waals surface area contributed by atoms with Gasteiger partial charge in [-0.3, -0.25) is 14.9 Å². The number of hydrogen-bond donors (Lipinski definition) is 1. The SMILES string of the molecule is Cc1cc(C)c(S(=O)(=O)N2CCC(C(=O)Nc3ccc([N+](=O)[O-])cc3)CC2)c(C)c1. The summed E-state index contributed by atoms with van der Waals surface area (Å²) < 4.78 is 27.8. The molecule has 1 heterocycles. The maximum Gasteiger partial charge on any atom is 0.269 e. The maximum atomic E-state index is 13.2. The molecular weight excluding hydrogens is 406 g/mol. The van der Waals surface area contributed by atoms with Crippen molar-refractivity contribution in [3.05, 3.63) is 63.2 Å². The predicted octanol–water partition coefficient (Wildman–Crippen LogP) is 3.56. The first kappa shape index (κ1) is 21.9. The molecule has 8 nitrogen and oxygen atoms in total. The number of nitro benzene ring substituents is 1. The van der Waals surface area contributed by atoms with E-state index in [1.165, 1.54) is 28.6 Å². The zero-order valence-electron chi connectivity index (χ0n) is 17.2. The third kappa shape index (κ3) is 4.52. The molecule has 30 heavy (non-hydrogen) atoms. The number of piperidine rings is 1. The van der Waals surface area contributed by atoms with E-state index in [0.29, 0.717) is 23.4 Å². The molecule has 0 atom stereocenters. The molecule has 2 aromatic carbocycles. The van der Waals surface area contributed by atoms with Crippen molar-refractivity contribution in [3.8, 4) is 0 Å². The van der Waals surface area contributed by atoms with Crippen molar-refractivity contribution in [1.82, 2.24) is 4.31 Å². The summed E-state index contributed by atoms with van der Waals surface area (Å²) in [5.41, 5.74) is 2.90. The van der Waals surface area contributed by atoms with Gasteiger partial charge >= 0.3 is 0 Å². The summed E-state index contributed by atoms with van der Waals surface area (Å²) in [7, 11) is -3.62. The lowest BCUT2D eigenvalue weighted by atomic mass is 9.97. The second-order valence-corrected chi connectivity index (χ2v) is 9.57. The Bertz CT molecular complexity index is 1050. The smallest absolute Gasteiger partial charge is 0.269 e. The van der Waals surface area contributed by atoms with Gasteiger partial charge in [-0.2, -0.15) is 4.31 Å². The van der Waals surface area contributed by atoms with E-state index >= 15 is 0 Å². The summed E-state index contributed by atoms with van der Waals surface area (Å²) in [6.45, 7) is 6.08. The van der Waals surface area contributed by atoms with Crippen LogP contribution in [0.5, 0.6) is 0 Å². The number of carbonyl (C=O) groups is 1. The van der Waals surface area contributed by atoms with Gasteiger partial charge in [0.1, 0.15) is 0 Å². The van der Waals surface area contributed by atoms with E-state index in [1.807, 2.05) is 19.1 Å². The monoisotopic (exact) mass is 431 g/mol. The third-order valence-corrected chi connectivity index (χ3v) is 7.58. The highest BCUT2D eigenvalue weighted by molar-refractivity contribution is 7.89. The summed E-state index contributed by atoms with van der Waals surface area (Å²) in [5.74, 6) is -0.518. The number of anilines is 1. The maximum absolute atomic E-state index is 13.2. The number of non-ortho nitro benzene ring substituents is 1. The normalized spacial score (nSPS) is 15.7. The Balaban J connectivity index is 1.65. The molecule has 1 amide bonds. The van der Waals surface area contributed by atoms with E-state index in [1.54, 1.807) is 13.8 Å². The van der Waals surface area contributed by atoms with Crippen LogP contribution >= 0.6 is 0 Å². The van der Waals surface area contributed by atoms with Crippen molar-refractivity contribution < 1.29 is 18.1 Å². The van der Waals surface area contributed by atoms with Crippen molar-refractivity contribution in [2.75, 3.05) is 18.4 Å². The predicted molar refractivity (Wildman–Crippen MR) is 114 cm³/mol. The first-order valence-corrected chi connectivity index (χ1v) is 11.2. The van der Waals surface area contributed by atoms with Gasteiger partial charge in [0.2, 0.25) is 15.9 Å². The zero-order valence-corrected chi connectivity index (χ0v) is 18.0. The average molecular weight is 432 g/mol. The van der Waals surface area contributed by atoms with Crippen molar-refractivity contribution in [1.29, 1.82) is 0 Å². The Hall–Kier alpha value is -2.78. The van der Waals surface area contributed by atoms with Crippen LogP contribution < -0.4 is 5.32 Å². The van der Waals surface area contributed by atoms with E-state index in [2.05, 4.69) is 5.32 Å². The number of benzene rings is 2. The molecule has 2 aromatic rings. The van der Waals surface area contributed by atoms with Crippen molar-refractivity contribution in [2.45, 2.75) is 38.5 Å². The highest BCUT2D eigenvalue weighted by Crippen LogP contribution is 2.29. The summed E-state index contributed by atoms with van der Waals surface area (Å²) in [6.07, 6.45) is 0.837. The number of sulfonamides is 1. The third-order valence-electron chi connectivity index (χ3n) is 5.37. The van der Waals surface area contributed by atoms with Crippen LogP contribution in [0.15, 0.2) is 41.3 Å². The molecule has 0 radical (unpaired) electrons. The number of aryl methyl sites for hydroxylation is 3. The lowest BCUT2D eigenvalue weighted by Gasteiger charge is -2.31. The molecule has 1 aliphatic rings. The van der Waals surface area contributed by atoms with Crippen LogP contribution in [-0.4, -0.2) is 36.6 Å². The minimum absolute atomic E-state index is 0.0480. The van der Waals surface area contributed by atoms with E-state index in [9.17, 15) is 23.3 Å². The van der Waals surface area contributed by atoms with Gasteiger partial charge in [0.05, 0.1) is 9.82 Å². The number of nitrogens with zero attached hydrogens (tertiary/aromatic N) is 2. The van der Waals surface area contributed by atoms with E-state index in [4.69, 9.17) is 0 Å². The Morgan fingerprint density at radius 1 is 1.07 bits per heavy atom. The molecule has 0 bridgehead atoms. The Morgan fingerprint density at radius 2 is 1.60 bits per heavy atom. The van der Waals surface area contributed by atoms with Crippen molar-refractivity contribution in [3.63, 3.8) is 0 Å². The lowest BCUT2D eigenvalue weighted by Crippen LogP contribution is -2.41. The molecular formula is C21H25N3O5S. The number of nitrogens with one attached hydrogen (secondary N) is 1. The Kier molecular flexibility index (Phi) is 6.23. The van der Waals surface area contributed by atoms with Crippen LogP contribution in [0.4, 0.5) is 11.4 Å². The molecule has 1 fully saturated rings. The highest BCUT2D eigenvalue weighted by Gasteiger charge is 2.33. The standard InChI is InChI=1S/C21H25N3O5S/c1-14-12-15(2)20(16(3)13-14)30(28,29)23-10-8-17(9-11-23)21(25)22-18-4-6-19(7-5-18)24(26)27/h4-7,12-13,17H,8-11H2,1-3H3,(H,22,25). The molecule has 0 aromatic heterocycles. The average Bonchev–Trinajstić information content (AvgIpc) is 2.67. The Morgan fingerprint density at radius 3 is 2.10 bits per heavy atom. The number of nitro groups is 1. The summed E-state index contributed by atoms with van der Waals surface area (Å²) in [4.78, 5) is 23.1. The molecule has 1 saturated heterocycles. The molecule has 0 unspecified atom stereocenters. The lowest BCUT2D eigenvalue weighted by molar-refractivity contribution is -0.384. The van der Waals surface area contributed by atoms with Gasteiger partial charge in [0.15, 0.2) is 0 Å². The van der Waals surface area contributed by atoms with E-state index in [-0.39, 0.29) is 30.6 Å². The molecule has 3 rings (SSSR count). The first-order chi connectivity index (χ1) is 14.1. The number of rotatable bonds is 5. The van der Waals surface area contributed by atoms with Crippen molar-refractivity contribution >= 4 is 27.3 Å². The largest absolute Gasteiger partial charge is 0.326 e. The molecule has 0 saturated carbocycles. The quantitative estimate of drug-likeness (QED) is 0.575. The Labute approximate surface area is 176 Å². The minimum Gasteiger partial charge on any atom is -0.326 e. The van der Waals surface area contributed by atoms with E-state index in [0.717, 1.165) is 16.7 Å². The topological polar surface area (TPSA) is 110 Å². The van der Waals surface area contributed by atoms with Crippen LogP contribution in [0.2, 0.25) is 0 Å². The highest BCUT2D eigenvalue weighted by atomic mass is 32.2. The number of hydrogen-bond acceptors (Lipinski definition) is 5. The fourth-order valence-electron chi connectivity index (χ4n) is 3.97. The fraction of sp³-hybridized carbons (Fsp3) is 0.381.